The lowest BCUT2D eigenvalue weighted by Crippen LogP contribution is -2.46. The van der Waals surface area contributed by atoms with E-state index < -0.39 is 0 Å². The van der Waals surface area contributed by atoms with Crippen molar-refractivity contribution in [2.45, 2.75) is 70.4 Å². The van der Waals surface area contributed by atoms with Crippen LogP contribution in [0.5, 0.6) is 0 Å². The largest absolute Gasteiger partial charge is 0.337 e. The first-order chi connectivity index (χ1) is 11.7. The molecule has 130 valence electrons. The Hall–Kier alpha value is -1.35. The highest BCUT2D eigenvalue weighted by Crippen LogP contribution is 2.39. The van der Waals surface area contributed by atoms with Crippen molar-refractivity contribution in [3.63, 3.8) is 0 Å². The summed E-state index contributed by atoms with van der Waals surface area (Å²) in [5.74, 6) is 0.379. The Bertz CT molecular complexity index is 626. The lowest BCUT2D eigenvalue weighted by atomic mass is 9.88. The van der Waals surface area contributed by atoms with Crippen LogP contribution in [0.25, 0.3) is 0 Å². The van der Waals surface area contributed by atoms with Gasteiger partial charge in [0.05, 0.1) is 0 Å². The standard InChI is InChI=1S/C21H30N2O/c1-2-23-20(24)9-11-21(23)10-4-13-22(14-12-21)16-17-7-8-18-5-3-6-19(18)15-17/h7-8,15H,2-6,9-14,16H2,1H3. The van der Waals surface area contributed by atoms with Crippen LogP contribution in [0.4, 0.5) is 0 Å². The summed E-state index contributed by atoms with van der Waals surface area (Å²) in [5, 5.41) is 0. The van der Waals surface area contributed by atoms with E-state index in [1.54, 1.807) is 11.1 Å². The molecule has 0 saturated carbocycles. The third kappa shape index (κ3) is 2.88. The highest BCUT2D eigenvalue weighted by Gasteiger charge is 2.44. The quantitative estimate of drug-likeness (QED) is 0.848. The first-order valence-electron chi connectivity index (χ1n) is 9.84. The van der Waals surface area contributed by atoms with Crippen LogP contribution in [0.3, 0.4) is 0 Å². The number of hydrogen-bond acceptors (Lipinski definition) is 2. The summed E-state index contributed by atoms with van der Waals surface area (Å²) in [5.41, 5.74) is 4.79. The van der Waals surface area contributed by atoms with Gasteiger partial charge < -0.3 is 4.90 Å². The fourth-order valence-electron chi connectivity index (χ4n) is 5.28. The van der Waals surface area contributed by atoms with Crippen molar-refractivity contribution >= 4 is 5.91 Å². The van der Waals surface area contributed by atoms with Crippen molar-refractivity contribution < 1.29 is 4.79 Å². The molecule has 24 heavy (non-hydrogen) atoms. The van der Waals surface area contributed by atoms with E-state index in [9.17, 15) is 4.79 Å². The molecule has 0 N–H and O–H groups in total. The van der Waals surface area contributed by atoms with Crippen LogP contribution in [0, 0.1) is 0 Å². The van der Waals surface area contributed by atoms with Crippen molar-refractivity contribution in [3.05, 3.63) is 34.9 Å². The van der Waals surface area contributed by atoms with Gasteiger partial charge in [0.1, 0.15) is 0 Å². The first kappa shape index (κ1) is 16.1. The number of fused-ring (bicyclic) bond motifs is 1. The number of aryl methyl sites for hydroxylation is 2. The molecule has 0 radical (unpaired) electrons. The summed E-state index contributed by atoms with van der Waals surface area (Å²) in [6.45, 7) is 6.39. The highest BCUT2D eigenvalue weighted by molar-refractivity contribution is 5.79. The van der Waals surface area contributed by atoms with Gasteiger partial charge in [0.25, 0.3) is 0 Å². The third-order valence-electron chi connectivity index (χ3n) is 6.57. The molecule has 0 bridgehead atoms. The van der Waals surface area contributed by atoms with E-state index in [1.165, 1.54) is 44.2 Å². The molecule has 3 nitrogen and oxygen atoms in total. The Labute approximate surface area is 146 Å². The van der Waals surface area contributed by atoms with E-state index in [0.29, 0.717) is 5.91 Å². The Morgan fingerprint density at radius 3 is 2.75 bits per heavy atom. The molecule has 1 aliphatic carbocycles. The maximum atomic E-state index is 12.2. The van der Waals surface area contributed by atoms with Gasteiger partial charge in [0.2, 0.25) is 5.91 Å². The average molecular weight is 326 g/mol. The Balaban J connectivity index is 1.43. The summed E-state index contributed by atoms with van der Waals surface area (Å²) in [7, 11) is 0. The molecule has 2 fully saturated rings. The van der Waals surface area contributed by atoms with Crippen LogP contribution in [-0.2, 0) is 24.2 Å². The Morgan fingerprint density at radius 2 is 1.88 bits per heavy atom. The minimum atomic E-state index is 0.165. The summed E-state index contributed by atoms with van der Waals surface area (Å²) >= 11 is 0. The fourth-order valence-corrected chi connectivity index (χ4v) is 5.28. The van der Waals surface area contributed by atoms with Crippen molar-refractivity contribution in [1.82, 2.24) is 9.80 Å². The summed E-state index contributed by atoms with van der Waals surface area (Å²) in [6, 6.07) is 7.13. The number of nitrogens with zero attached hydrogens (tertiary/aromatic N) is 2. The van der Waals surface area contributed by atoms with Gasteiger partial charge in [-0.3, -0.25) is 9.69 Å². The van der Waals surface area contributed by atoms with Gasteiger partial charge >= 0.3 is 0 Å². The van der Waals surface area contributed by atoms with Crippen LogP contribution < -0.4 is 0 Å². The van der Waals surface area contributed by atoms with Crippen LogP contribution in [-0.4, -0.2) is 40.9 Å². The number of carbonyl (C=O) groups is 1. The molecule has 1 unspecified atom stereocenters. The second kappa shape index (κ2) is 6.51. The predicted octanol–water partition coefficient (Wildman–Crippen LogP) is 3.54. The summed E-state index contributed by atoms with van der Waals surface area (Å²) in [6.07, 6.45) is 9.25. The van der Waals surface area contributed by atoms with Crippen molar-refractivity contribution in [2.75, 3.05) is 19.6 Å². The van der Waals surface area contributed by atoms with Gasteiger partial charge in [-0.2, -0.15) is 0 Å². The van der Waals surface area contributed by atoms with Gasteiger partial charge in [-0.05, 0) is 75.1 Å². The normalized spacial score (nSPS) is 27.7. The van der Waals surface area contributed by atoms with Gasteiger partial charge in [0.15, 0.2) is 0 Å². The molecule has 2 heterocycles. The zero-order valence-electron chi connectivity index (χ0n) is 15.0. The zero-order valence-corrected chi connectivity index (χ0v) is 15.0. The van der Waals surface area contributed by atoms with E-state index >= 15 is 0 Å². The van der Waals surface area contributed by atoms with E-state index in [2.05, 4.69) is 34.9 Å². The van der Waals surface area contributed by atoms with Gasteiger partial charge in [-0.15, -0.1) is 0 Å². The third-order valence-corrected chi connectivity index (χ3v) is 6.57. The molecule has 0 aromatic heterocycles. The topological polar surface area (TPSA) is 23.6 Å². The summed E-state index contributed by atoms with van der Waals surface area (Å²) in [4.78, 5) is 17.0. The monoisotopic (exact) mass is 326 g/mol. The predicted molar refractivity (Wildman–Crippen MR) is 96.9 cm³/mol. The molecule has 1 aromatic carbocycles. The molecular weight excluding hydrogens is 296 g/mol. The SMILES string of the molecule is CCN1C(=O)CCC12CCCN(Cc1ccc3c(c1)CCC3)CC2. The highest BCUT2D eigenvalue weighted by atomic mass is 16.2. The van der Waals surface area contributed by atoms with Crippen molar-refractivity contribution in [1.29, 1.82) is 0 Å². The zero-order chi connectivity index (χ0) is 16.6. The lowest BCUT2D eigenvalue weighted by Gasteiger charge is -2.37. The molecule has 2 saturated heterocycles. The van der Waals surface area contributed by atoms with Gasteiger partial charge in [-0.1, -0.05) is 18.2 Å². The molecule has 4 rings (SSSR count). The van der Waals surface area contributed by atoms with Crippen LogP contribution in [0.15, 0.2) is 18.2 Å². The van der Waals surface area contributed by atoms with Crippen LogP contribution in [0.2, 0.25) is 0 Å². The number of amides is 1. The van der Waals surface area contributed by atoms with Crippen molar-refractivity contribution in [2.24, 2.45) is 0 Å². The Morgan fingerprint density at radius 1 is 1.00 bits per heavy atom. The van der Waals surface area contributed by atoms with E-state index in [0.717, 1.165) is 38.9 Å². The smallest absolute Gasteiger partial charge is 0.223 e. The van der Waals surface area contributed by atoms with Gasteiger partial charge in [-0.25, -0.2) is 0 Å². The number of hydrogen-bond donors (Lipinski definition) is 0. The minimum Gasteiger partial charge on any atom is -0.337 e. The molecule has 1 atom stereocenters. The maximum absolute atomic E-state index is 12.2. The molecule has 3 aliphatic rings. The molecule has 1 amide bonds. The van der Waals surface area contributed by atoms with E-state index in [1.807, 2.05) is 0 Å². The average Bonchev–Trinajstić information content (AvgIpc) is 3.10. The van der Waals surface area contributed by atoms with Gasteiger partial charge in [0, 0.05) is 31.6 Å². The molecular formula is C21H30N2O. The van der Waals surface area contributed by atoms with E-state index in [-0.39, 0.29) is 5.54 Å². The number of benzene rings is 1. The Kier molecular flexibility index (Phi) is 4.38. The van der Waals surface area contributed by atoms with Crippen LogP contribution >= 0.6 is 0 Å². The molecule has 1 spiro atoms. The number of carbonyl (C=O) groups excluding carboxylic acids is 1. The molecule has 1 aromatic rings. The second-order valence-corrected chi connectivity index (χ2v) is 7.95. The number of rotatable bonds is 3. The fraction of sp³-hybridized carbons (Fsp3) is 0.667. The maximum Gasteiger partial charge on any atom is 0.223 e. The first-order valence-corrected chi connectivity index (χ1v) is 9.84. The summed E-state index contributed by atoms with van der Waals surface area (Å²) < 4.78 is 0. The second-order valence-electron chi connectivity index (χ2n) is 7.95. The molecule has 2 aliphatic heterocycles. The number of likely N-dealkylation sites (tertiary alicyclic amines) is 2. The van der Waals surface area contributed by atoms with E-state index in [4.69, 9.17) is 0 Å². The van der Waals surface area contributed by atoms with Crippen LogP contribution in [0.1, 0.15) is 62.1 Å². The molecule has 3 heteroatoms. The minimum absolute atomic E-state index is 0.165. The lowest BCUT2D eigenvalue weighted by molar-refractivity contribution is -0.131. The van der Waals surface area contributed by atoms with Crippen molar-refractivity contribution in [3.8, 4) is 0 Å².